The molecule has 14 heteroatoms. The number of allylic oxidation sites excluding steroid dienone is 8. The number of ether oxygens (including phenoxy) is 6. The van der Waals surface area contributed by atoms with Gasteiger partial charge in [-0.1, -0.05) is 204 Å². The molecule has 2 saturated heterocycles. The first-order chi connectivity index (χ1) is 37.1. The van der Waals surface area contributed by atoms with Crippen molar-refractivity contribution in [1.82, 2.24) is 0 Å². The molecule has 0 aromatic carbocycles. The van der Waals surface area contributed by atoms with Gasteiger partial charge in [-0.25, -0.2) is 0 Å². The number of aliphatic hydroxyl groups is 7. The fourth-order valence-corrected chi connectivity index (χ4v) is 9.58. The lowest BCUT2D eigenvalue weighted by Gasteiger charge is -2.42. The zero-order valence-corrected chi connectivity index (χ0v) is 47.7. The Morgan fingerprint density at radius 1 is 0.434 bits per heavy atom. The number of unbranched alkanes of at least 4 members (excludes halogenated alkanes) is 28. The van der Waals surface area contributed by atoms with E-state index < -0.39 is 80.7 Å². The number of carbonyl (C=O) groups is 1. The summed E-state index contributed by atoms with van der Waals surface area (Å²) in [7, 11) is 0. The van der Waals surface area contributed by atoms with Crippen molar-refractivity contribution in [2.75, 3.05) is 33.0 Å². The second-order valence-electron chi connectivity index (χ2n) is 21.5. The van der Waals surface area contributed by atoms with Crippen LogP contribution >= 0.6 is 0 Å². The van der Waals surface area contributed by atoms with Crippen LogP contribution in [0.3, 0.4) is 0 Å². The first kappa shape index (κ1) is 70.1. The van der Waals surface area contributed by atoms with Crippen molar-refractivity contribution in [3.63, 3.8) is 0 Å². The molecule has 0 aromatic rings. The third kappa shape index (κ3) is 34.8. The predicted octanol–water partition coefficient (Wildman–Crippen LogP) is 11.5. The smallest absolute Gasteiger partial charge is 0.306 e. The van der Waals surface area contributed by atoms with Gasteiger partial charge in [-0.2, -0.15) is 0 Å². The fourth-order valence-electron chi connectivity index (χ4n) is 9.58. The SMILES string of the molecule is CCCCCC/C=C\C/C=C\CCCCCCCCCC(=O)OC(COCCCCCCCCCCCCCC/C=C\C/C=C\CCCCCCC)COC1OC(COC2OC(CO)C(O)C(O)C2O)C(O)C(O)C1O. The van der Waals surface area contributed by atoms with Gasteiger partial charge in [0, 0.05) is 13.0 Å². The highest BCUT2D eigenvalue weighted by molar-refractivity contribution is 5.69. The van der Waals surface area contributed by atoms with Gasteiger partial charge in [-0.15, -0.1) is 0 Å². The molecule has 11 unspecified atom stereocenters. The average molecular weight is 1080 g/mol. The minimum Gasteiger partial charge on any atom is -0.457 e. The van der Waals surface area contributed by atoms with E-state index in [4.69, 9.17) is 28.4 Å². The molecule has 2 fully saturated rings. The summed E-state index contributed by atoms with van der Waals surface area (Å²) in [5.74, 6) is -0.382. The predicted molar refractivity (Wildman–Crippen MR) is 303 cm³/mol. The van der Waals surface area contributed by atoms with Gasteiger partial charge < -0.3 is 64.2 Å². The first-order valence-electron chi connectivity index (χ1n) is 30.7. The number of hydrogen-bond acceptors (Lipinski definition) is 14. The monoisotopic (exact) mass is 1080 g/mol. The second-order valence-corrected chi connectivity index (χ2v) is 21.5. The van der Waals surface area contributed by atoms with Crippen molar-refractivity contribution < 1.29 is 69.0 Å². The van der Waals surface area contributed by atoms with Crippen molar-refractivity contribution >= 4 is 5.97 Å². The third-order valence-electron chi connectivity index (χ3n) is 14.6. The number of aliphatic hydroxyl groups excluding tert-OH is 7. The van der Waals surface area contributed by atoms with Crippen LogP contribution in [0.5, 0.6) is 0 Å². The molecule has 0 bridgehead atoms. The Hall–Kier alpha value is -2.05. The molecule has 0 amide bonds. The Balaban J connectivity index is 1.69. The molecule has 14 nitrogen and oxygen atoms in total. The second kappa shape index (κ2) is 48.8. The molecule has 76 heavy (non-hydrogen) atoms. The third-order valence-corrected chi connectivity index (χ3v) is 14.6. The Morgan fingerprint density at radius 3 is 1.28 bits per heavy atom. The standard InChI is InChI=1S/C62H112O14/c1-3-5-7-9-11-13-15-17-19-21-23-24-25-26-27-28-30-32-34-36-38-40-42-44-46-71-48-51(74-54(64)45-43-41-39-37-35-33-31-29-22-20-18-16-14-12-10-8-6-4-2)49-72-61-60(70)58(68)56(66)53(76-61)50-73-62-59(69)57(67)55(65)52(47-63)75-62/h14-17,20-23,51-53,55-63,65-70H,3-13,18-19,24-50H2,1-2H3/b16-14-,17-15-,22-20-,23-21-. The molecule has 2 heterocycles. The van der Waals surface area contributed by atoms with E-state index in [-0.39, 0.29) is 25.6 Å². The summed E-state index contributed by atoms with van der Waals surface area (Å²) in [4.78, 5) is 13.1. The summed E-state index contributed by atoms with van der Waals surface area (Å²) in [6.45, 7) is 3.68. The molecule has 2 aliphatic heterocycles. The number of esters is 1. The van der Waals surface area contributed by atoms with Crippen molar-refractivity contribution in [3.05, 3.63) is 48.6 Å². The van der Waals surface area contributed by atoms with Crippen molar-refractivity contribution in [2.24, 2.45) is 0 Å². The van der Waals surface area contributed by atoms with Crippen LogP contribution < -0.4 is 0 Å². The summed E-state index contributed by atoms with van der Waals surface area (Å²) in [6, 6.07) is 0. The van der Waals surface area contributed by atoms with E-state index in [0.29, 0.717) is 13.0 Å². The highest BCUT2D eigenvalue weighted by Crippen LogP contribution is 2.27. The minimum absolute atomic E-state index is 0.0576. The average Bonchev–Trinajstić information content (AvgIpc) is 3.42. The molecule has 7 N–H and O–H groups in total. The van der Waals surface area contributed by atoms with Gasteiger partial charge in [-0.05, 0) is 77.0 Å². The van der Waals surface area contributed by atoms with E-state index in [1.54, 1.807) is 0 Å². The van der Waals surface area contributed by atoms with Gasteiger partial charge in [0.2, 0.25) is 0 Å². The van der Waals surface area contributed by atoms with E-state index in [9.17, 15) is 40.5 Å². The van der Waals surface area contributed by atoms with Gasteiger partial charge in [-0.3, -0.25) is 4.79 Å². The van der Waals surface area contributed by atoms with Crippen molar-refractivity contribution in [2.45, 2.75) is 306 Å². The summed E-state index contributed by atoms with van der Waals surface area (Å²) in [5, 5.41) is 72.4. The Kier molecular flexibility index (Phi) is 45.0. The summed E-state index contributed by atoms with van der Waals surface area (Å²) < 4.78 is 34.4. The van der Waals surface area contributed by atoms with Gasteiger partial charge >= 0.3 is 5.97 Å². The molecular formula is C62H112O14. The summed E-state index contributed by atoms with van der Waals surface area (Å²) in [5.41, 5.74) is 0. The largest absolute Gasteiger partial charge is 0.457 e. The lowest BCUT2D eigenvalue weighted by Crippen LogP contribution is -2.61. The van der Waals surface area contributed by atoms with E-state index >= 15 is 0 Å². The van der Waals surface area contributed by atoms with Crippen LogP contribution in [0.15, 0.2) is 48.6 Å². The molecule has 444 valence electrons. The molecule has 0 radical (unpaired) electrons. The van der Waals surface area contributed by atoms with Crippen LogP contribution in [0.1, 0.15) is 239 Å². The van der Waals surface area contributed by atoms with Crippen LogP contribution in [0.4, 0.5) is 0 Å². The molecule has 0 aliphatic carbocycles. The molecule has 0 aromatic heterocycles. The Morgan fingerprint density at radius 2 is 0.816 bits per heavy atom. The molecular weight excluding hydrogens is 969 g/mol. The van der Waals surface area contributed by atoms with Gasteiger partial charge in [0.15, 0.2) is 12.6 Å². The van der Waals surface area contributed by atoms with E-state index in [1.165, 1.54) is 154 Å². The van der Waals surface area contributed by atoms with Gasteiger partial charge in [0.05, 0.1) is 26.4 Å². The number of hydrogen-bond donors (Lipinski definition) is 7. The molecule has 2 aliphatic rings. The maximum Gasteiger partial charge on any atom is 0.306 e. The van der Waals surface area contributed by atoms with Crippen molar-refractivity contribution in [1.29, 1.82) is 0 Å². The van der Waals surface area contributed by atoms with Crippen LogP contribution in [0.25, 0.3) is 0 Å². The van der Waals surface area contributed by atoms with Crippen molar-refractivity contribution in [3.8, 4) is 0 Å². The summed E-state index contributed by atoms with van der Waals surface area (Å²) >= 11 is 0. The Bertz CT molecular complexity index is 1440. The maximum atomic E-state index is 13.1. The van der Waals surface area contributed by atoms with Crippen LogP contribution in [0.2, 0.25) is 0 Å². The zero-order chi connectivity index (χ0) is 55.1. The molecule has 0 spiro atoms. The van der Waals surface area contributed by atoms with E-state index in [2.05, 4.69) is 62.5 Å². The quantitative estimate of drug-likeness (QED) is 0.0172. The van der Waals surface area contributed by atoms with Crippen LogP contribution in [-0.4, -0.2) is 142 Å². The van der Waals surface area contributed by atoms with Gasteiger partial charge in [0.25, 0.3) is 0 Å². The molecule has 11 atom stereocenters. The number of rotatable bonds is 50. The lowest BCUT2D eigenvalue weighted by atomic mass is 9.98. The molecule has 0 saturated carbocycles. The minimum atomic E-state index is -1.71. The van der Waals surface area contributed by atoms with E-state index in [0.717, 1.165) is 57.8 Å². The lowest BCUT2D eigenvalue weighted by molar-refractivity contribution is -0.332. The topological polar surface area (TPSA) is 214 Å². The Labute approximate surface area is 461 Å². The fraction of sp³-hybridized carbons (Fsp3) is 0.855. The number of carbonyl (C=O) groups excluding carboxylic acids is 1. The first-order valence-corrected chi connectivity index (χ1v) is 30.7. The maximum absolute atomic E-state index is 13.1. The van der Waals surface area contributed by atoms with Crippen LogP contribution in [0, 0.1) is 0 Å². The zero-order valence-electron chi connectivity index (χ0n) is 47.7. The highest BCUT2D eigenvalue weighted by atomic mass is 16.7. The van der Waals surface area contributed by atoms with Gasteiger partial charge in [0.1, 0.15) is 54.9 Å². The summed E-state index contributed by atoms with van der Waals surface area (Å²) in [6.07, 6.45) is 43.1. The van der Waals surface area contributed by atoms with E-state index in [1.807, 2.05) is 0 Å². The highest BCUT2D eigenvalue weighted by Gasteiger charge is 2.47. The normalized spacial score (nSPS) is 24.8. The van der Waals surface area contributed by atoms with Crippen LogP contribution in [-0.2, 0) is 33.2 Å². The molecule has 2 rings (SSSR count).